The van der Waals surface area contributed by atoms with Crippen molar-refractivity contribution in [3.05, 3.63) is 60.9 Å². The molecular formula is C23H21FN6O3. The van der Waals surface area contributed by atoms with E-state index >= 15 is 0 Å². The van der Waals surface area contributed by atoms with Crippen molar-refractivity contribution in [2.45, 2.75) is 18.6 Å². The van der Waals surface area contributed by atoms with Crippen LogP contribution < -0.4 is 10.5 Å². The number of benzene rings is 2. The Balaban J connectivity index is 1.50. The van der Waals surface area contributed by atoms with E-state index in [9.17, 15) is 14.3 Å². The lowest BCUT2D eigenvalue weighted by atomic mass is 10.0. The number of fused-ring (bicyclic) bond motifs is 1. The number of ether oxygens (including phenoxy) is 1. The second-order valence-electron chi connectivity index (χ2n) is 7.79. The predicted molar refractivity (Wildman–Crippen MR) is 120 cm³/mol. The molecule has 0 aliphatic carbocycles. The predicted octanol–water partition coefficient (Wildman–Crippen LogP) is 4.13. The number of amides is 1. The zero-order chi connectivity index (χ0) is 22.9. The van der Waals surface area contributed by atoms with E-state index in [2.05, 4.69) is 15.1 Å². The molecule has 5 rings (SSSR count). The number of nitrogens with two attached hydrogens (primary N) is 1. The Kier molecular flexibility index (Phi) is 5.25. The number of hydrogen-bond donors (Lipinski definition) is 2. The summed E-state index contributed by atoms with van der Waals surface area (Å²) < 4.78 is 22.3. The molecule has 1 amide bonds. The fraction of sp³-hybridized carbons (Fsp3) is 0.217. The Morgan fingerprint density at radius 1 is 1.09 bits per heavy atom. The molecule has 3 N–H and O–H groups in total. The number of para-hydroxylation sites is 1. The average molecular weight is 448 g/mol. The van der Waals surface area contributed by atoms with Crippen molar-refractivity contribution in [3.63, 3.8) is 0 Å². The van der Waals surface area contributed by atoms with E-state index in [4.69, 9.17) is 10.5 Å². The number of rotatable bonds is 4. The van der Waals surface area contributed by atoms with Gasteiger partial charge in [0.2, 0.25) is 0 Å². The Bertz CT molecular complexity index is 1300. The molecule has 1 aliphatic heterocycles. The highest BCUT2D eigenvalue weighted by Crippen LogP contribution is 2.35. The monoisotopic (exact) mass is 448 g/mol. The minimum atomic E-state index is -1.43. The van der Waals surface area contributed by atoms with Crippen LogP contribution >= 0.6 is 0 Å². The first-order valence-corrected chi connectivity index (χ1v) is 10.4. The lowest BCUT2D eigenvalue weighted by molar-refractivity contribution is 0.0768. The highest BCUT2D eigenvalue weighted by molar-refractivity contribution is 5.98. The summed E-state index contributed by atoms with van der Waals surface area (Å²) in [6.07, 6.45) is -0.969. The normalized spacial score (nSPS) is 18.4. The van der Waals surface area contributed by atoms with Crippen LogP contribution in [0.1, 0.15) is 12.5 Å². The molecule has 4 aromatic rings. The molecule has 2 aromatic heterocycles. The Labute approximate surface area is 188 Å². The number of nitrogens with zero attached hydrogens (tertiary/aromatic N) is 5. The second-order valence-corrected chi connectivity index (χ2v) is 7.79. The van der Waals surface area contributed by atoms with Gasteiger partial charge >= 0.3 is 6.09 Å². The van der Waals surface area contributed by atoms with Gasteiger partial charge in [-0.05, 0) is 42.8 Å². The van der Waals surface area contributed by atoms with Crippen molar-refractivity contribution in [1.82, 2.24) is 24.6 Å². The highest BCUT2D eigenvalue weighted by atomic mass is 19.1. The maximum atomic E-state index is 15.0. The summed E-state index contributed by atoms with van der Waals surface area (Å²) in [6, 6.07) is 16.1. The summed E-state index contributed by atoms with van der Waals surface area (Å²) >= 11 is 0. The lowest BCUT2D eigenvalue weighted by Crippen LogP contribution is -2.45. The van der Waals surface area contributed by atoms with Gasteiger partial charge in [0, 0.05) is 12.1 Å². The van der Waals surface area contributed by atoms with Gasteiger partial charge in [-0.25, -0.2) is 23.8 Å². The van der Waals surface area contributed by atoms with Gasteiger partial charge in [-0.1, -0.05) is 18.2 Å². The van der Waals surface area contributed by atoms with Crippen molar-refractivity contribution in [1.29, 1.82) is 0 Å². The molecule has 0 unspecified atom stereocenters. The molecule has 1 saturated heterocycles. The van der Waals surface area contributed by atoms with Gasteiger partial charge in [-0.15, -0.1) is 0 Å². The molecule has 1 aliphatic rings. The van der Waals surface area contributed by atoms with Crippen molar-refractivity contribution in [2.24, 2.45) is 0 Å². The van der Waals surface area contributed by atoms with Gasteiger partial charge in [0.15, 0.2) is 5.65 Å². The van der Waals surface area contributed by atoms with E-state index in [-0.39, 0.29) is 25.3 Å². The molecule has 1 fully saturated rings. The molecule has 0 spiro atoms. The minimum absolute atomic E-state index is 0.212. The number of aromatic nitrogens is 4. The van der Waals surface area contributed by atoms with Gasteiger partial charge in [0.1, 0.15) is 35.5 Å². The van der Waals surface area contributed by atoms with E-state index in [1.807, 2.05) is 54.6 Å². The standard InChI is InChI=1S/C23H21FN6O3/c24-17-12-29(23(31)32)11-10-18(17)30-22-19(21(25)26-13-27-22)20(28-30)14-6-8-16(9-7-14)33-15-4-2-1-3-5-15/h1-9,13,17-18H,10-12H2,(H,31,32)(H2,25,26,27)/t17-,18+/m0/s1. The molecule has 9 nitrogen and oxygen atoms in total. The van der Waals surface area contributed by atoms with Crippen molar-refractivity contribution >= 4 is 22.9 Å². The SMILES string of the molecule is Nc1ncnc2c1c(-c1ccc(Oc3ccccc3)cc1)nn2[C@@H]1CCN(C(=O)O)C[C@@H]1F. The van der Waals surface area contributed by atoms with Gasteiger partial charge in [0.05, 0.1) is 18.0 Å². The van der Waals surface area contributed by atoms with E-state index in [0.717, 1.165) is 16.2 Å². The van der Waals surface area contributed by atoms with E-state index < -0.39 is 18.3 Å². The van der Waals surface area contributed by atoms with Gasteiger partial charge in [-0.3, -0.25) is 0 Å². The number of piperidine rings is 1. The first-order chi connectivity index (χ1) is 16.0. The number of likely N-dealkylation sites (tertiary alicyclic amines) is 1. The van der Waals surface area contributed by atoms with Crippen LogP contribution in [0.2, 0.25) is 0 Å². The zero-order valence-corrected chi connectivity index (χ0v) is 17.5. The fourth-order valence-electron chi connectivity index (χ4n) is 4.08. The summed E-state index contributed by atoms with van der Waals surface area (Å²) in [5, 5.41) is 14.4. The number of halogens is 1. The first kappa shape index (κ1) is 20.7. The topological polar surface area (TPSA) is 119 Å². The van der Waals surface area contributed by atoms with Crippen molar-refractivity contribution in [2.75, 3.05) is 18.8 Å². The maximum absolute atomic E-state index is 15.0. The smallest absolute Gasteiger partial charge is 0.407 e. The summed E-state index contributed by atoms with van der Waals surface area (Å²) in [6.45, 7) is -0.00797. The minimum Gasteiger partial charge on any atom is -0.465 e. The highest BCUT2D eigenvalue weighted by Gasteiger charge is 2.35. The fourth-order valence-corrected chi connectivity index (χ4v) is 4.08. The van der Waals surface area contributed by atoms with Crippen LogP contribution in [-0.4, -0.2) is 55.1 Å². The van der Waals surface area contributed by atoms with Crippen LogP contribution in [0.25, 0.3) is 22.3 Å². The summed E-state index contributed by atoms with van der Waals surface area (Å²) in [5.41, 5.74) is 7.85. The average Bonchev–Trinajstić information content (AvgIpc) is 3.21. The molecular weight excluding hydrogens is 427 g/mol. The third-order valence-electron chi connectivity index (χ3n) is 5.72. The summed E-state index contributed by atoms with van der Waals surface area (Å²) in [4.78, 5) is 20.7. The number of hydrogen-bond acceptors (Lipinski definition) is 6. The molecule has 0 bridgehead atoms. The molecule has 2 atom stereocenters. The molecule has 3 heterocycles. The number of nitrogen functional groups attached to an aromatic ring is 1. The van der Waals surface area contributed by atoms with Crippen LogP contribution in [0, 0.1) is 0 Å². The van der Waals surface area contributed by atoms with Crippen LogP contribution in [0.15, 0.2) is 60.9 Å². The van der Waals surface area contributed by atoms with Crippen LogP contribution in [0.5, 0.6) is 11.5 Å². The third kappa shape index (κ3) is 3.91. The van der Waals surface area contributed by atoms with E-state index in [0.29, 0.717) is 22.5 Å². The number of anilines is 1. The third-order valence-corrected chi connectivity index (χ3v) is 5.72. The Hall–Kier alpha value is -4.21. The van der Waals surface area contributed by atoms with Gasteiger partial charge < -0.3 is 20.5 Å². The Morgan fingerprint density at radius 3 is 2.52 bits per heavy atom. The van der Waals surface area contributed by atoms with E-state index in [1.165, 1.54) is 11.0 Å². The molecule has 2 aromatic carbocycles. The van der Waals surface area contributed by atoms with Crippen LogP contribution in [0.3, 0.4) is 0 Å². The van der Waals surface area contributed by atoms with Crippen LogP contribution in [0.4, 0.5) is 15.0 Å². The molecule has 33 heavy (non-hydrogen) atoms. The lowest BCUT2D eigenvalue weighted by Gasteiger charge is -2.33. The van der Waals surface area contributed by atoms with Gasteiger partial charge in [-0.2, -0.15) is 5.10 Å². The maximum Gasteiger partial charge on any atom is 0.407 e. The quantitative estimate of drug-likeness (QED) is 0.482. The van der Waals surface area contributed by atoms with Crippen molar-refractivity contribution in [3.8, 4) is 22.8 Å². The number of carbonyl (C=O) groups is 1. The first-order valence-electron chi connectivity index (χ1n) is 10.4. The Morgan fingerprint density at radius 2 is 1.82 bits per heavy atom. The van der Waals surface area contributed by atoms with Gasteiger partial charge in [0.25, 0.3) is 0 Å². The summed E-state index contributed by atoms with van der Waals surface area (Å²) in [7, 11) is 0. The zero-order valence-electron chi connectivity index (χ0n) is 17.5. The van der Waals surface area contributed by atoms with Crippen molar-refractivity contribution < 1.29 is 19.0 Å². The number of alkyl halides is 1. The van der Waals surface area contributed by atoms with Crippen LogP contribution in [-0.2, 0) is 0 Å². The second kappa shape index (κ2) is 8.38. The molecule has 0 radical (unpaired) electrons. The largest absolute Gasteiger partial charge is 0.465 e. The molecule has 10 heteroatoms. The molecule has 168 valence electrons. The number of carboxylic acid groups (broad SMARTS) is 1. The van der Waals surface area contributed by atoms with E-state index in [1.54, 1.807) is 0 Å². The summed E-state index contributed by atoms with van der Waals surface area (Å²) in [5.74, 6) is 1.62. The molecule has 0 saturated carbocycles.